The van der Waals surface area contributed by atoms with Gasteiger partial charge in [-0.15, -0.1) is 0 Å². The van der Waals surface area contributed by atoms with Gasteiger partial charge >= 0.3 is 0 Å². The lowest BCUT2D eigenvalue weighted by Crippen LogP contribution is -2.24. The highest BCUT2D eigenvalue weighted by atomic mass is 16.3. The van der Waals surface area contributed by atoms with Crippen molar-refractivity contribution in [3.8, 4) is 11.4 Å². The average Bonchev–Trinajstić information content (AvgIpc) is 2.68. The zero-order chi connectivity index (χ0) is 20.1. The van der Waals surface area contributed by atoms with Crippen molar-refractivity contribution in [2.75, 3.05) is 13.6 Å². The Bertz CT molecular complexity index is 967. The second-order valence-corrected chi connectivity index (χ2v) is 7.50. The quantitative estimate of drug-likeness (QED) is 0.658. The SMILES string of the molecule is CC(C)c1cc(=O)[nH]c(-c2cccc(CN(C)CC(O)c3ccccc3)c2)n1. The van der Waals surface area contributed by atoms with Crippen molar-refractivity contribution in [2.24, 2.45) is 0 Å². The van der Waals surface area contributed by atoms with Crippen LogP contribution in [0.5, 0.6) is 0 Å². The molecule has 0 saturated heterocycles. The number of nitrogens with one attached hydrogen (secondary N) is 1. The van der Waals surface area contributed by atoms with Crippen LogP contribution in [-0.2, 0) is 6.54 Å². The molecule has 0 aliphatic rings. The molecular formula is C23H27N3O2. The summed E-state index contributed by atoms with van der Waals surface area (Å²) in [6.07, 6.45) is -0.532. The van der Waals surface area contributed by atoms with Crippen LogP contribution in [0, 0.1) is 0 Å². The second kappa shape index (κ2) is 8.95. The van der Waals surface area contributed by atoms with Crippen LogP contribution in [0.15, 0.2) is 65.5 Å². The minimum absolute atomic E-state index is 0.137. The maximum atomic E-state index is 12.0. The fraction of sp³-hybridized carbons (Fsp3) is 0.304. The lowest BCUT2D eigenvalue weighted by molar-refractivity contribution is 0.124. The molecule has 5 nitrogen and oxygen atoms in total. The van der Waals surface area contributed by atoms with Gasteiger partial charge in [0.1, 0.15) is 5.82 Å². The monoisotopic (exact) mass is 377 g/mol. The molecule has 0 amide bonds. The molecule has 0 bridgehead atoms. The summed E-state index contributed by atoms with van der Waals surface area (Å²) in [6.45, 7) is 5.27. The fourth-order valence-electron chi connectivity index (χ4n) is 3.18. The predicted octanol–water partition coefficient (Wildman–Crippen LogP) is 3.73. The molecule has 0 spiro atoms. The summed E-state index contributed by atoms with van der Waals surface area (Å²) in [5.74, 6) is 0.778. The molecule has 1 aromatic heterocycles. The van der Waals surface area contributed by atoms with Crippen LogP contribution in [0.1, 0.15) is 42.7 Å². The van der Waals surface area contributed by atoms with Crippen molar-refractivity contribution in [1.82, 2.24) is 14.9 Å². The van der Waals surface area contributed by atoms with E-state index in [1.54, 1.807) is 6.07 Å². The first-order chi connectivity index (χ1) is 13.4. The van der Waals surface area contributed by atoms with Crippen molar-refractivity contribution in [3.63, 3.8) is 0 Å². The minimum Gasteiger partial charge on any atom is -0.387 e. The number of H-pyrrole nitrogens is 1. The normalized spacial score (nSPS) is 12.5. The molecule has 146 valence electrons. The Kier molecular flexibility index (Phi) is 6.39. The van der Waals surface area contributed by atoms with E-state index < -0.39 is 6.10 Å². The van der Waals surface area contributed by atoms with E-state index in [1.807, 2.05) is 75.5 Å². The van der Waals surface area contributed by atoms with E-state index in [9.17, 15) is 9.90 Å². The topological polar surface area (TPSA) is 69.2 Å². The second-order valence-electron chi connectivity index (χ2n) is 7.50. The largest absolute Gasteiger partial charge is 0.387 e. The van der Waals surface area contributed by atoms with Gasteiger partial charge in [-0.05, 0) is 30.2 Å². The van der Waals surface area contributed by atoms with Crippen LogP contribution in [0.3, 0.4) is 0 Å². The van der Waals surface area contributed by atoms with Crippen LogP contribution in [-0.4, -0.2) is 33.6 Å². The number of likely N-dealkylation sites (N-methyl/N-ethyl adjacent to an activating group) is 1. The lowest BCUT2D eigenvalue weighted by Gasteiger charge is -2.21. The van der Waals surface area contributed by atoms with Gasteiger partial charge in [0, 0.05) is 24.7 Å². The Morgan fingerprint density at radius 3 is 2.54 bits per heavy atom. The van der Waals surface area contributed by atoms with E-state index in [4.69, 9.17) is 0 Å². The Labute approximate surface area is 165 Å². The Balaban J connectivity index is 1.74. The molecule has 5 heteroatoms. The number of aliphatic hydroxyl groups excluding tert-OH is 1. The molecule has 1 atom stereocenters. The van der Waals surface area contributed by atoms with Crippen molar-refractivity contribution in [1.29, 1.82) is 0 Å². The first-order valence-electron chi connectivity index (χ1n) is 9.54. The summed E-state index contributed by atoms with van der Waals surface area (Å²) in [7, 11) is 1.98. The van der Waals surface area contributed by atoms with E-state index in [-0.39, 0.29) is 11.5 Å². The Morgan fingerprint density at radius 1 is 1.07 bits per heavy atom. The average molecular weight is 377 g/mol. The Hall–Kier alpha value is -2.76. The summed E-state index contributed by atoms with van der Waals surface area (Å²) < 4.78 is 0. The standard InChI is InChI=1S/C23H27N3O2/c1-16(2)20-13-22(28)25-23(24-20)19-11-7-8-17(12-19)14-26(3)15-21(27)18-9-5-4-6-10-18/h4-13,16,21,27H,14-15H2,1-3H3,(H,24,25,28). The van der Waals surface area contributed by atoms with Gasteiger partial charge in [0.05, 0.1) is 11.8 Å². The first-order valence-corrected chi connectivity index (χ1v) is 9.54. The highest BCUT2D eigenvalue weighted by molar-refractivity contribution is 5.56. The number of hydrogen-bond acceptors (Lipinski definition) is 4. The van der Waals surface area contributed by atoms with Crippen LogP contribution >= 0.6 is 0 Å². The molecule has 0 saturated carbocycles. The molecule has 1 unspecified atom stereocenters. The Morgan fingerprint density at radius 2 is 1.82 bits per heavy atom. The summed E-state index contributed by atoms with van der Waals surface area (Å²) >= 11 is 0. The number of aromatic amines is 1. The van der Waals surface area contributed by atoms with Gasteiger partial charge in [-0.25, -0.2) is 4.98 Å². The molecule has 3 aromatic rings. The zero-order valence-corrected chi connectivity index (χ0v) is 16.6. The third-order valence-electron chi connectivity index (χ3n) is 4.67. The maximum Gasteiger partial charge on any atom is 0.251 e. The van der Waals surface area contributed by atoms with Gasteiger partial charge in [-0.3, -0.25) is 9.69 Å². The highest BCUT2D eigenvalue weighted by Gasteiger charge is 2.12. The van der Waals surface area contributed by atoms with Crippen molar-refractivity contribution in [3.05, 3.63) is 87.8 Å². The van der Waals surface area contributed by atoms with Gasteiger partial charge in [-0.1, -0.05) is 62.4 Å². The number of aromatic nitrogens is 2. The molecule has 28 heavy (non-hydrogen) atoms. The summed E-state index contributed by atoms with van der Waals surface area (Å²) in [5.41, 5.74) is 3.54. The number of rotatable bonds is 7. The van der Waals surface area contributed by atoms with E-state index in [0.29, 0.717) is 18.9 Å². The summed E-state index contributed by atoms with van der Waals surface area (Å²) in [4.78, 5) is 21.5. The molecule has 0 radical (unpaired) electrons. The highest BCUT2D eigenvalue weighted by Crippen LogP contribution is 2.20. The molecule has 2 N–H and O–H groups in total. The van der Waals surface area contributed by atoms with E-state index in [2.05, 4.69) is 14.9 Å². The van der Waals surface area contributed by atoms with E-state index in [0.717, 1.165) is 22.4 Å². The summed E-state index contributed by atoms with van der Waals surface area (Å²) in [6, 6.07) is 19.2. The lowest BCUT2D eigenvalue weighted by atomic mass is 10.1. The molecule has 2 aromatic carbocycles. The molecule has 1 heterocycles. The van der Waals surface area contributed by atoms with E-state index >= 15 is 0 Å². The summed E-state index contributed by atoms with van der Waals surface area (Å²) in [5, 5.41) is 10.4. The molecule has 3 rings (SSSR count). The molecular weight excluding hydrogens is 350 g/mol. The van der Waals surface area contributed by atoms with Gasteiger partial charge in [0.2, 0.25) is 0 Å². The van der Waals surface area contributed by atoms with Crippen molar-refractivity contribution < 1.29 is 5.11 Å². The van der Waals surface area contributed by atoms with Crippen molar-refractivity contribution in [2.45, 2.75) is 32.4 Å². The fourth-order valence-corrected chi connectivity index (χ4v) is 3.18. The number of aliphatic hydroxyl groups is 1. The van der Waals surface area contributed by atoms with Gasteiger partial charge in [0.25, 0.3) is 5.56 Å². The van der Waals surface area contributed by atoms with E-state index in [1.165, 1.54) is 0 Å². The molecule has 0 aliphatic heterocycles. The van der Waals surface area contributed by atoms with Crippen LogP contribution in [0.4, 0.5) is 0 Å². The van der Waals surface area contributed by atoms with Gasteiger partial charge in [-0.2, -0.15) is 0 Å². The number of nitrogens with zero attached hydrogens (tertiary/aromatic N) is 2. The number of hydrogen-bond donors (Lipinski definition) is 2. The predicted molar refractivity (Wildman–Crippen MR) is 112 cm³/mol. The zero-order valence-electron chi connectivity index (χ0n) is 16.6. The van der Waals surface area contributed by atoms with Crippen LogP contribution in [0.25, 0.3) is 11.4 Å². The van der Waals surface area contributed by atoms with Gasteiger partial charge < -0.3 is 10.1 Å². The van der Waals surface area contributed by atoms with Crippen molar-refractivity contribution >= 4 is 0 Å². The minimum atomic E-state index is -0.532. The number of benzene rings is 2. The van der Waals surface area contributed by atoms with Crippen LogP contribution in [0.2, 0.25) is 0 Å². The third-order valence-corrected chi connectivity index (χ3v) is 4.67. The first kappa shape index (κ1) is 20.0. The molecule has 0 fully saturated rings. The third kappa shape index (κ3) is 5.15. The maximum absolute atomic E-state index is 12.0. The van der Waals surface area contributed by atoms with Gasteiger partial charge in [0.15, 0.2) is 0 Å². The van der Waals surface area contributed by atoms with Crippen LogP contribution < -0.4 is 5.56 Å². The molecule has 0 aliphatic carbocycles. The smallest absolute Gasteiger partial charge is 0.251 e.